The van der Waals surface area contributed by atoms with Crippen molar-refractivity contribution < 1.29 is 31.1 Å². The summed E-state index contributed by atoms with van der Waals surface area (Å²) in [5, 5.41) is 6.50. The first-order valence-corrected chi connectivity index (χ1v) is 6.78. The number of pyridine rings is 1. The minimum Gasteiger partial charge on any atom is -0.484 e. The lowest BCUT2D eigenvalue weighted by molar-refractivity contribution is 0.116. The summed E-state index contributed by atoms with van der Waals surface area (Å²) in [5.74, 6) is -4.06. The molecular formula is C15H8F5N3O2. The molecule has 5 nitrogen and oxygen atoms in total. The number of benzene rings is 1. The number of hydrogen-bond acceptors (Lipinski definition) is 5. The van der Waals surface area contributed by atoms with Gasteiger partial charge in [0.2, 0.25) is 5.89 Å². The van der Waals surface area contributed by atoms with Crippen LogP contribution >= 0.6 is 0 Å². The second kappa shape index (κ2) is 6.83. The van der Waals surface area contributed by atoms with E-state index in [9.17, 15) is 22.0 Å². The summed E-state index contributed by atoms with van der Waals surface area (Å²) in [5.41, 5.74) is -0.185. The summed E-state index contributed by atoms with van der Waals surface area (Å²) in [6.45, 7) is -0.430. The zero-order valence-corrected chi connectivity index (χ0v) is 12.2. The summed E-state index contributed by atoms with van der Waals surface area (Å²) in [4.78, 5) is 3.76. The summed E-state index contributed by atoms with van der Waals surface area (Å²) < 4.78 is 74.8. The Labute approximate surface area is 137 Å². The van der Waals surface area contributed by atoms with Crippen LogP contribution in [0.4, 0.5) is 22.0 Å². The van der Waals surface area contributed by atoms with E-state index in [4.69, 9.17) is 4.74 Å². The minimum absolute atomic E-state index is 0.00591. The predicted molar refractivity (Wildman–Crippen MR) is 73.1 cm³/mol. The summed E-state index contributed by atoms with van der Waals surface area (Å²) >= 11 is 0. The highest BCUT2D eigenvalue weighted by molar-refractivity contribution is 5.51. The molecule has 3 aromatic rings. The predicted octanol–water partition coefficient (Wildman–Crippen LogP) is 4.07. The maximum atomic E-state index is 14.0. The van der Waals surface area contributed by atoms with Gasteiger partial charge in [0, 0.05) is 12.3 Å². The molecule has 0 fully saturated rings. The normalized spacial score (nSPS) is 11.1. The van der Waals surface area contributed by atoms with Gasteiger partial charge in [-0.3, -0.25) is 4.98 Å². The summed E-state index contributed by atoms with van der Waals surface area (Å²) in [7, 11) is 0. The van der Waals surface area contributed by atoms with Crippen LogP contribution < -0.4 is 4.74 Å². The lowest BCUT2D eigenvalue weighted by Crippen LogP contribution is -2.03. The third kappa shape index (κ3) is 3.73. The Bertz CT molecular complexity index is 901. The molecule has 25 heavy (non-hydrogen) atoms. The molecule has 0 amide bonds. The number of aromatic nitrogens is 3. The molecule has 2 aromatic heterocycles. The largest absolute Gasteiger partial charge is 0.484 e. The van der Waals surface area contributed by atoms with E-state index in [-0.39, 0.29) is 22.9 Å². The highest BCUT2D eigenvalue weighted by Crippen LogP contribution is 2.24. The maximum absolute atomic E-state index is 14.0. The highest BCUT2D eigenvalue weighted by atomic mass is 19.3. The molecule has 0 spiro atoms. The zero-order chi connectivity index (χ0) is 18.0. The number of rotatable bonds is 5. The van der Waals surface area contributed by atoms with Crippen molar-refractivity contribution in [2.45, 2.75) is 13.0 Å². The Hall–Kier alpha value is -3.04. The third-order valence-electron chi connectivity index (χ3n) is 3.05. The van der Waals surface area contributed by atoms with Crippen LogP contribution in [0.1, 0.15) is 18.0 Å². The van der Waals surface area contributed by atoms with Gasteiger partial charge in [-0.1, -0.05) is 0 Å². The fourth-order valence-electron chi connectivity index (χ4n) is 1.87. The van der Waals surface area contributed by atoms with Crippen LogP contribution in [0.15, 0.2) is 34.9 Å². The van der Waals surface area contributed by atoms with E-state index >= 15 is 0 Å². The van der Waals surface area contributed by atoms with Crippen LogP contribution in [0, 0.1) is 17.5 Å². The van der Waals surface area contributed by atoms with Gasteiger partial charge in [-0.2, -0.15) is 8.78 Å². The number of hydrogen-bond donors (Lipinski definition) is 0. The van der Waals surface area contributed by atoms with E-state index < -0.39 is 36.4 Å². The van der Waals surface area contributed by atoms with Gasteiger partial charge in [0.15, 0.2) is 11.6 Å². The van der Waals surface area contributed by atoms with Gasteiger partial charge in [-0.25, -0.2) is 13.2 Å². The molecular weight excluding hydrogens is 349 g/mol. The number of nitrogens with zero attached hydrogens (tertiary/aromatic N) is 3. The summed E-state index contributed by atoms with van der Waals surface area (Å²) in [6, 6.07) is 3.61. The average Bonchev–Trinajstić information content (AvgIpc) is 3.05. The topological polar surface area (TPSA) is 61.0 Å². The van der Waals surface area contributed by atoms with E-state index in [0.29, 0.717) is 6.07 Å². The molecule has 130 valence electrons. The molecule has 0 aliphatic rings. The molecule has 1 aromatic carbocycles. The molecule has 0 saturated carbocycles. The Morgan fingerprint density at radius 1 is 1.04 bits per heavy atom. The molecule has 10 heteroatoms. The van der Waals surface area contributed by atoms with Gasteiger partial charge in [0.25, 0.3) is 5.89 Å². The fourth-order valence-corrected chi connectivity index (χ4v) is 1.87. The van der Waals surface area contributed by atoms with Crippen LogP contribution in [0.25, 0.3) is 11.5 Å². The van der Waals surface area contributed by atoms with E-state index in [1.807, 2.05) is 0 Å². The fraction of sp³-hybridized carbons (Fsp3) is 0.133. The minimum atomic E-state index is -2.95. The van der Waals surface area contributed by atoms with Crippen LogP contribution in [0.5, 0.6) is 5.75 Å². The zero-order valence-electron chi connectivity index (χ0n) is 12.2. The first-order valence-electron chi connectivity index (χ1n) is 6.78. The lowest BCUT2D eigenvalue weighted by Gasteiger charge is -2.08. The molecule has 0 aliphatic carbocycles. The molecule has 3 rings (SSSR count). The van der Waals surface area contributed by atoms with Gasteiger partial charge in [-0.15, -0.1) is 10.2 Å². The van der Waals surface area contributed by atoms with E-state index in [0.717, 1.165) is 24.4 Å². The van der Waals surface area contributed by atoms with Crippen LogP contribution in [0.2, 0.25) is 0 Å². The van der Waals surface area contributed by atoms with Crippen molar-refractivity contribution in [2.75, 3.05) is 0 Å². The van der Waals surface area contributed by atoms with Gasteiger partial charge in [0.05, 0.1) is 5.56 Å². The molecule has 0 bridgehead atoms. The van der Waals surface area contributed by atoms with Crippen LogP contribution in [-0.2, 0) is 6.61 Å². The number of ether oxygens (including phenoxy) is 1. The van der Waals surface area contributed by atoms with Crippen molar-refractivity contribution in [3.05, 3.63) is 59.5 Å². The van der Waals surface area contributed by atoms with Crippen molar-refractivity contribution in [3.63, 3.8) is 0 Å². The Balaban J connectivity index is 1.75. The SMILES string of the molecule is Fc1ccc(OCc2ncc(-c3nnc(C(F)F)o3)cc2F)c(F)c1. The molecule has 0 saturated heterocycles. The highest BCUT2D eigenvalue weighted by Gasteiger charge is 2.18. The smallest absolute Gasteiger partial charge is 0.314 e. The first kappa shape index (κ1) is 16.8. The quantitative estimate of drug-likeness (QED) is 0.645. The van der Waals surface area contributed by atoms with Crippen LogP contribution in [-0.4, -0.2) is 15.2 Å². The van der Waals surface area contributed by atoms with Crippen molar-refractivity contribution >= 4 is 0 Å². The van der Waals surface area contributed by atoms with Gasteiger partial charge in [-0.05, 0) is 18.2 Å². The molecule has 0 radical (unpaired) electrons. The molecule has 0 N–H and O–H groups in total. The molecule has 2 heterocycles. The lowest BCUT2D eigenvalue weighted by atomic mass is 10.2. The second-order valence-electron chi connectivity index (χ2n) is 4.76. The second-order valence-corrected chi connectivity index (χ2v) is 4.76. The van der Waals surface area contributed by atoms with E-state index in [1.165, 1.54) is 0 Å². The Kier molecular flexibility index (Phi) is 4.59. The van der Waals surface area contributed by atoms with Crippen molar-refractivity contribution in [1.82, 2.24) is 15.2 Å². The Morgan fingerprint density at radius 2 is 1.84 bits per heavy atom. The monoisotopic (exact) mass is 357 g/mol. The van der Waals surface area contributed by atoms with E-state index in [2.05, 4.69) is 19.6 Å². The first-order chi connectivity index (χ1) is 11.9. The van der Waals surface area contributed by atoms with Crippen molar-refractivity contribution in [2.24, 2.45) is 0 Å². The van der Waals surface area contributed by atoms with Crippen LogP contribution in [0.3, 0.4) is 0 Å². The molecule has 0 aliphatic heterocycles. The van der Waals surface area contributed by atoms with Gasteiger partial charge < -0.3 is 9.15 Å². The standard InChI is InChI=1S/C15H8F5N3O2/c16-8-1-2-12(10(18)4-8)24-6-11-9(17)3-7(5-21-11)14-22-23-15(25-14)13(19)20/h1-5,13H,6H2. The third-order valence-corrected chi connectivity index (χ3v) is 3.05. The van der Waals surface area contributed by atoms with Gasteiger partial charge >= 0.3 is 6.43 Å². The van der Waals surface area contributed by atoms with Crippen molar-refractivity contribution in [3.8, 4) is 17.2 Å². The maximum Gasteiger partial charge on any atom is 0.314 e. The van der Waals surface area contributed by atoms with Crippen molar-refractivity contribution in [1.29, 1.82) is 0 Å². The molecule has 0 unspecified atom stereocenters. The van der Waals surface area contributed by atoms with E-state index in [1.54, 1.807) is 0 Å². The average molecular weight is 357 g/mol. The number of alkyl halides is 2. The molecule has 0 atom stereocenters. The van der Waals surface area contributed by atoms with Gasteiger partial charge in [0.1, 0.15) is 23.9 Å². The number of halogens is 5. The Morgan fingerprint density at radius 3 is 2.48 bits per heavy atom. The summed E-state index contributed by atoms with van der Waals surface area (Å²) in [6.07, 6.45) is -1.83.